The lowest BCUT2D eigenvalue weighted by Gasteiger charge is -2.20. The van der Waals surface area contributed by atoms with Crippen molar-refractivity contribution in [2.24, 2.45) is 0 Å². The molecule has 0 aromatic heterocycles. The van der Waals surface area contributed by atoms with Gasteiger partial charge in [0.25, 0.3) is 0 Å². The molecule has 0 unspecified atom stereocenters. The van der Waals surface area contributed by atoms with Crippen LogP contribution in [-0.4, -0.2) is 12.5 Å². The lowest BCUT2D eigenvalue weighted by atomic mass is 9.97. The maximum atomic E-state index is 12.5. The zero-order chi connectivity index (χ0) is 18.2. The van der Waals surface area contributed by atoms with Crippen molar-refractivity contribution in [2.75, 3.05) is 6.61 Å². The van der Waals surface area contributed by atoms with Crippen LogP contribution in [0.2, 0.25) is 0 Å². The molecule has 132 valence electrons. The van der Waals surface area contributed by atoms with Gasteiger partial charge < -0.3 is 10.1 Å². The van der Waals surface area contributed by atoms with Gasteiger partial charge in [-0.1, -0.05) is 78.4 Å². The Balaban J connectivity index is 1.65. The first-order valence-electron chi connectivity index (χ1n) is 8.81. The highest BCUT2D eigenvalue weighted by Gasteiger charge is 2.16. The monoisotopic (exact) mass is 345 g/mol. The van der Waals surface area contributed by atoms with Crippen LogP contribution in [0.15, 0.2) is 84.9 Å². The average Bonchev–Trinajstić information content (AvgIpc) is 2.68. The fourth-order valence-corrected chi connectivity index (χ4v) is 2.77. The molecule has 0 radical (unpaired) electrons. The van der Waals surface area contributed by atoms with Crippen LogP contribution >= 0.6 is 0 Å². The van der Waals surface area contributed by atoms with Crippen LogP contribution in [0.5, 0.6) is 5.75 Å². The summed E-state index contributed by atoms with van der Waals surface area (Å²) in [5.74, 6) is 0.744. The van der Waals surface area contributed by atoms with Crippen molar-refractivity contribution in [1.82, 2.24) is 5.32 Å². The van der Waals surface area contributed by atoms with E-state index in [0.29, 0.717) is 13.0 Å². The Kier molecular flexibility index (Phi) is 6.05. The Hall–Kier alpha value is -3.07. The fraction of sp³-hybridized carbons (Fsp3) is 0.174. The number of nitrogens with one attached hydrogen (secondary N) is 1. The Labute approximate surface area is 154 Å². The largest absolute Gasteiger partial charge is 0.493 e. The second kappa shape index (κ2) is 8.86. The molecule has 0 aliphatic carbocycles. The number of hydrogen-bond donors (Lipinski definition) is 1. The maximum absolute atomic E-state index is 12.5. The molecule has 1 amide bonds. The molecule has 1 N–H and O–H groups in total. The van der Waals surface area contributed by atoms with Crippen LogP contribution in [0.3, 0.4) is 0 Å². The van der Waals surface area contributed by atoms with Gasteiger partial charge in [-0.05, 0) is 30.2 Å². The third-order valence-corrected chi connectivity index (χ3v) is 4.19. The molecule has 1 atom stereocenters. The first-order valence-corrected chi connectivity index (χ1v) is 8.81. The molecule has 3 aromatic rings. The Morgan fingerprint density at radius 2 is 1.42 bits per heavy atom. The number of para-hydroxylation sites is 1. The SMILES string of the molecule is Cc1ccc([C@@H](NC(=O)CCOc2ccccc2)c2ccccc2)cc1. The highest BCUT2D eigenvalue weighted by molar-refractivity contribution is 5.77. The van der Waals surface area contributed by atoms with Crippen molar-refractivity contribution >= 4 is 5.91 Å². The predicted molar refractivity (Wildman–Crippen MR) is 104 cm³/mol. The summed E-state index contributed by atoms with van der Waals surface area (Å²) in [6.07, 6.45) is 0.310. The fourth-order valence-electron chi connectivity index (χ4n) is 2.77. The minimum absolute atomic E-state index is 0.0321. The van der Waals surface area contributed by atoms with Crippen molar-refractivity contribution in [2.45, 2.75) is 19.4 Å². The molecule has 3 heteroatoms. The number of amides is 1. The third kappa shape index (κ3) is 4.96. The van der Waals surface area contributed by atoms with Gasteiger partial charge in [0.05, 0.1) is 19.1 Å². The van der Waals surface area contributed by atoms with Crippen LogP contribution in [0.25, 0.3) is 0 Å². The number of rotatable bonds is 7. The predicted octanol–water partition coefficient (Wildman–Crippen LogP) is 4.67. The van der Waals surface area contributed by atoms with E-state index in [1.165, 1.54) is 5.56 Å². The minimum Gasteiger partial charge on any atom is -0.493 e. The van der Waals surface area contributed by atoms with Gasteiger partial charge in [-0.15, -0.1) is 0 Å². The van der Waals surface area contributed by atoms with Gasteiger partial charge in [0.15, 0.2) is 0 Å². The van der Waals surface area contributed by atoms with E-state index < -0.39 is 0 Å². The number of hydrogen-bond acceptors (Lipinski definition) is 2. The molecule has 3 aromatic carbocycles. The summed E-state index contributed by atoms with van der Waals surface area (Å²) < 4.78 is 5.62. The van der Waals surface area contributed by atoms with E-state index in [-0.39, 0.29) is 11.9 Å². The summed E-state index contributed by atoms with van der Waals surface area (Å²) in [5.41, 5.74) is 3.33. The van der Waals surface area contributed by atoms with Gasteiger partial charge in [-0.25, -0.2) is 0 Å². The summed E-state index contributed by atoms with van der Waals surface area (Å²) >= 11 is 0. The minimum atomic E-state index is -0.166. The zero-order valence-electron chi connectivity index (χ0n) is 14.9. The van der Waals surface area contributed by atoms with E-state index in [9.17, 15) is 4.79 Å². The zero-order valence-corrected chi connectivity index (χ0v) is 14.9. The van der Waals surface area contributed by atoms with Crippen molar-refractivity contribution in [3.05, 3.63) is 102 Å². The third-order valence-electron chi connectivity index (χ3n) is 4.19. The normalized spacial score (nSPS) is 11.6. The van der Waals surface area contributed by atoms with E-state index in [1.807, 2.05) is 60.7 Å². The Morgan fingerprint density at radius 3 is 2.08 bits per heavy atom. The first kappa shape index (κ1) is 17.7. The van der Waals surface area contributed by atoms with E-state index in [4.69, 9.17) is 4.74 Å². The second-order valence-electron chi connectivity index (χ2n) is 6.23. The lowest BCUT2D eigenvalue weighted by molar-refractivity contribution is -0.122. The van der Waals surface area contributed by atoms with Gasteiger partial charge in [0, 0.05) is 0 Å². The highest BCUT2D eigenvalue weighted by atomic mass is 16.5. The van der Waals surface area contributed by atoms with Crippen LogP contribution in [0.4, 0.5) is 0 Å². The van der Waals surface area contributed by atoms with E-state index >= 15 is 0 Å². The smallest absolute Gasteiger partial charge is 0.224 e. The molecule has 0 fully saturated rings. The maximum Gasteiger partial charge on any atom is 0.224 e. The first-order chi connectivity index (χ1) is 12.7. The molecule has 0 bridgehead atoms. The summed E-state index contributed by atoms with van der Waals surface area (Å²) in [6.45, 7) is 2.41. The number of benzene rings is 3. The quantitative estimate of drug-likeness (QED) is 0.676. The molecule has 0 aliphatic rings. The standard InChI is InChI=1S/C23H23NO2/c1-18-12-14-20(15-13-18)23(19-8-4-2-5-9-19)24-22(25)16-17-26-21-10-6-3-7-11-21/h2-15,23H,16-17H2,1H3,(H,24,25)/t23-/m0/s1. The summed E-state index contributed by atoms with van der Waals surface area (Å²) in [7, 11) is 0. The topological polar surface area (TPSA) is 38.3 Å². The molecule has 26 heavy (non-hydrogen) atoms. The second-order valence-corrected chi connectivity index (χ2v) is 6.23. The molecular weight excluding hydrogens is 322 g/mol. The van der Waals surface area contributed by atoms with Crippen LogP contribution < -0.4 is 10.1 Å². The van der Waals surface area contributed by atoms with Gasteiger partial charge in [0.2, 0.25) is 5.91 Å². The number of aryl methyl sites for hydroxylation is 1. The van der Waals surface area contributed by atoms with E-state index in [0.717, 1.165) is 16.9 Å². The Morgan fingerprint density at radius 1 is 0.846 bits per heavy atom. The number of carbonyl (C=O) groups is 1. The molecule has 0 heterocycles. The van der Waals surface area contributed by atoms with Crippen LogP contribution in [0, 0.1) is 6.92 Å². The van der Waals surface area contributed by atoms with Gasteiger partial charge >= 0.3 is 0 Å². The highest BCUT2D eigenvalue weighted by Crippen LogP contribution is 2.22. The van der Waals surface area contributed by atoms with Gasteiger partial charge in [-0.2, -0.15) is 0 Å². The molecule has 0 saturated carbocycles. The van der Waals surface area contributed by atoms with Crippen molar-refractivity contribution in [3.63, 3.8) is 0 Å². The molecular formula is C23H23NO2. The number of ether oxygens (including phenoxy) is 1. The van der Waals surface area contributed by atoms with Crippen LogP contribution in [-0.2, 0) is 4.79 Å². The van der Waals surface area contributed by atoms with Crippen LogP contribution in [0.1, 0.15) is 29.2 Å². The van der Waals surface area contributed by atoms with E-state index in [1.54, 1.807) is 0 Å². The summed E-state index contributed by atoms with van der Waals surface area (Å²) in [4.78, 5) is 12.5. The van der Waals surface area contributed by atoms with Crippen molar-refractivity contribution in [1.29, 1.82) is 0 Å². The summed E-state index contributed by atoms with van der Waals surface area (Å²) in [5, 5.41) is 3.14. The van der Waals surface area contributed by atoms with Crippen molar-refractivity contribution in [3.8, 4) is 5.75 Å². The van der Waals surface area contributed by atoms with Gasteiger partial charge in [0.1, 0.15) is 5.75 Å². The lowest BCUT2D eigenvalue weighted by Crippen LogP contribution is -2.30. The molecule has 0 aliphatic heterocycles. The Bertz CT molecular complexity index is 814. The molecule has 0 spiro atoms. The van der Waals surface area contributed by atoms with Gasteiger partial charge in [-0.3, -0.25) is 4.79 Å². The summed E-state index contributed by atoms with van der Waals surface area (Å²) in [6, 6.07) is 27.6. The molecule has 3 rings (SSSR count). The van der Waals surface area contributed by atoms with E-state index in [2.05, 4.69) is 36.5 Å². The average molecular weight is 345 g/mol. The molecule has 0 saturated heterocycles. The molecule has 3 nitrogen and oxygen atoms in total. The van der Waals surface area contributed by atoms with Crippen molar-refractivity contribution < 1.29 is 9.53 Å². The number of carbonyl (C=O) groups excluding carboxylic acids is 1.